The van der Waals surface area contributed by atoms with E-state index in [2.05, 4.69) is 52.9 Å². The van der Waals surface area contributed by atoms with E-state index in [0.29, 0.717) is 5.75 Å². The van der Waals surface area contributed by atoms with Crippen molar-refractivity contribution in [1.82, 2.24) is 0 Å². The fraction of sp³-hybridized carbons (Fsp3) is 0.0476. The first kappa shape index (κ1) is 16.9. The van der Waals surface area contributed by atoms with Crippen molar-refractivity contribution in [3.05, 3.63) is 70.4 Å². The van der Waals surface area contributed by atoms with Gasteiger partial charge in [-0.15, -0.1) is 34.0 Å². The maximum absolute atomic E-state index is 9.93. The summed E-state index contributed by atoms with van der Waals surface area (Å²) in [7, 11) is 1.53. The van der Waals surface area contributed by atoms with Crippen LogP contribution in [0.25, 0.3) is 19.5 Å². The number of phenolic OH excluding ortho intramolecular Hbond substituents is 1. The average molecular weight is 395 g/mol. The Kier molecular flexibility index (Phi) is 4.81. The summed E-state index contributed by atoms with van der Waals surface area (Å²) in [5.41, 5.74) is 1.76. The smallest absolute Gasteiger partial charge is 0.160 e. The summed E-state index contributed by atoms with van der Waals surface area (Å²) in [5, 5.41) is 14.1. The quantitative estimate of drug-likeness (QED) is 0.412. The Bertz CT molecular complexity index is 1080. The van der Waals surface area contributed by atoms with E-state index >= 15 is 0 Å². The summed E-state index contributed by atoms with van der Waals surface area (Å²) < 4.78 is 5.08. The van der Waals surface area contributed by atoms with Gasteiger partial charge in [-0.1, -0.05) is 24.0 Å². The average Bonchev–Trinajstić information content (AvgIpc) is 3.40. The van der Waals surface area contributed by atoms with E-state index in [1.807, 2.05) is 6.07 Å². The predicted molar refractivity (Wildman–Crippen MR) is 112 cm³/mol. The van der Waals surface area contributed by atoms with Crippen LogP contribution in [0.4, 0.5) is 0 Å². The minimum Gasteiger partial charge on any atom is -0.504 e. The van der Waals surface area contributed by atoms with E-state index < -0.39 is 0 Å². The molecule has 0 aliphatic carbocycles. The van der Waals surface area contributed by atoms with Gasteiger partial charge in [-0.2, -0.15) is 0 Å². The Balaban J connectivity index is 1.75. The van der Waals surface area contributed by atoms with Gasteiger partial charge in [0.25, 0.3) is 0 Å². The van der Waals surface area contributed by atoms with Crippen LogP contribution in [0.1, 0.15) is 11.1 Å². The van der Waals surface area contributed by atoms with E-state index in [1.54, 1.807) is 46.1 Å². The SMILES string of the molecule is COc1ccc(C#Cc2cc(-c3cccs3)sc2-c2cccs2)cc1O. The van der Waals surface area contributed by atoms with E-state index in [9.17, 15) is 5.11 Å². The first-order chi connectivity index (χ1) is 12.7. The highest BCUT2D eigenvalue weighted by Crippen LogP contribution is 2.41. The topological polar surface area (TPSA) is 29.5 Å². The van der Waals surface area contributed by atoms with Crippen LogP contribution in [0.5, 0.6) is 11.5 Å². The molecule has 0 unspecified atom stereocenters. The van der Waals surface area contributed by atoms with E-state index in [0.717, 1.165) is 11.1 Å². The fourth-order valence-electron chi connectivity index (χ4n) is 2.52. The molecule has 0 saturated heterocycles. The van der Waals surface area contributed by atoms with Crippen LogP contribution in [0.2, 0.25) is 0 Å². The molecule has 0 aliphatic heterocycles. The van der Waals surface area contributed by atoms with Crippen LogP contribution < -0.4 is 4.74 Å². The van der Waals surface area contributed by atoms with E-state index in [-0.39, 0.29) is 5.75 Å². The summed E-state index contributed by atoms with van der Waals surface area (Å²) in [5.74, 6) is 7.00. The predicted octanol–water partition coefficient (Wildman–Crippen LogP) is 6.32. The number of methoxy groups -OCH3 is 1. The van der Waals surface area contributed by atoms with Gasteiger partial charge in [-0.25, -0.2) is 0 Å². The lowest BCUT2D eigenvalue weighted by atomic mass is 10.1. The number of phenols is 1. The van der Waals surface area contributed by atoms with Gasteiger partial charge in [0.05, 0.1) is 12.0 Å². The van der Waals surface area contributed by atoms with Crippen molar-refractivity contribution in [3.63, 3.8) is 0 Å². The second-order valence-electron chi connectivity index (χ2n) is 5.44. The first-order valence-electron chi connectivity index (χ1n) is 7.85. The Morgan fingerprint density at radius 2 is 1.65 bits per heavy atom. The lowest BCUT2D eigenvalue weighted by Crippen LogP contribution is -1.84. The van der Waals surface area contributed by atoms with Gasteiger partial charge in [0.1, 0.15) is 0 Å². The molecule has 26 heavy (non-hydrogen) atoms. The molecule has 0 spiro atoms. The summed E-state index contributed by atoms with van der Waals surface area (Å²) in [6.45, 7) is 0. The molecular weight excluding hydrogens is 380 g/mol. The lowest BCUT2D eigenvalue weighted by molar-refractivity contribution is 0.373. The first-order valence-corrected chi connectivity index (χ1v) is 10.4. The van der Waals surface area contributed by atoms with Crippen LogP contribution in [-0.2, 0) is 0 Å². The van der Waals surface area contributed by atoms with Crippen LogP contribution >= 0.6 is 34.0 Å². The van der Waals surface area contributed by atoms with Gasteiger partial charge in [0.2, 0.25) is 0 Å². The molecule has 3 heterocycles. The van der Waals surface area contributed by atoms with E-state index in [4.69, 9.17) is 4.74 Å². The highest BCUT2D eigenvalue weighted by molar-refractivity contribution is 7.26. The summed E-state index contributed by atoms with van der Waals surface area (Å²) >= 11 is 5.22. The van der Waals surface area contributed by atoms with Crippen molar-refractivity contribution in [2.75, 3.05) is 7.11 Å². The minimum absolute atomic E-state index is 0.0994. The number of rotatable bonds is 3. The molecule has 1 aromatic carbocycles. The summed E-state index contributed by atoms with van der Waals surface area (Å²) in [6, 6.07) is 15.7. The largest absolute Gasteiger partial charge is 0.504 e. The second kappa shape index (κ2) is 7.38. The van der Waals surface area contributed by atoms with Crippen LogP contribution in [0, 0.1) is 11.8 Å². The maximum Gasteiger partial charge on any atom is 0.160 e. The molecule has 0 amide bonds. The zero-order valence-electron chi connectivity index (χ0n) is 13.9. The molecular formula is C21H14O2S3. The number of benzene rings is 1. The van der Waals surface area contributed by atoms with Crippen LogP contribution in [-0.4, -0.2) is 12.2 Å². The molecule has 5 heteroatoms. The third-order valence-corrected chi connectivity index (χ3v) is 7.01. The number of aromatic hydroxyl groups is 1. The number of thiophene rings is 3. The molecule has 128 valence electrons. The minimum atomic E-state index is 0.0994. The van der Waals surface area contributed by atoms with Crippen molar-refractivity contribution >= 4 is 34.0 Å². The van der Waals surface area contributed by atoms with E-state index in [1.165, 1.54) is 26.6 Å². The lowest BCUT2D eigenvalue weighted by Gasteiger charge is -2.02. The third kappa shape index (κ3) is 3.40. The second-order valence-corrected chi connectivity index (χ2v) is 8.39. The highest BCUT2D eigenvalue weighted by Gasteiger charge is 2.12. The van der Waals surface area contributed by atoms with Crippen LogP contribution in [0.3, 0.4) is 0 Å². The monoisotopic (exact) mass is 394 g/mol. The van der Waals surface area contributed by atoms with Crippen molar-refractivity contribution in [2.45, 2.75) is 0 Å². The third-order valence-electron chi connectivity index (χ3n) is 3.76. The Morgan fingerprint density at radius 1 is 0.885 bits per heavy atom. The molecule has 4 aromatic rings. The molecule has 0 bridgehead atoms. The van der Waals surface area contributed by atoms with Crippen molar-refractivity contribution < 1.29 is 9.84 Å². The van der Waals surface area contributed by atoms with Gasteiger partial charge in [-0.3, -0.25) is 0 Å². The molecule has 1 N–H and O–H groups in total. The fourth-order valence-corrected chi connectivity index (χ4v) is 5.33. The standard InChI is InChI=1S/C21H14O2S3/c1-23-17-9-7-14(12-16(17)22)6-8-15-13-20(18-4-2-10-24-18)26-21(15)19-5-3-11-25-19/h2-5,7,9-13,22H,1H3. The van der Waals surface area contributed by atoms with Crippen molar-refractivity contribution in [1.29, 1.82) is 0 Å². The van der Waals surface area contributed by atoms with Gasteiger partial charge in [-0.05, 0) is 47.2 Å². The normalized spacial score (nSPS) is 10.3. The zero-order valence-corrected chi connectivity index (χ0v) is 16.3. The Labute approximate surface area is 164 Å². The highest BCUT2D eigenvalue weighted by atomic mass is 32.1. The van der Waals surface area contributed by atoms with Crippen molar-refractivity contribution in [3.8, 4) is 42.8 Å². The molecule has 0 radical (unpaired) electrons. The molecule has 0 atom stereocenters. The Hall–Kier alpha value is -2.52. The molecule has 0 saturated carbocycles. The van der Waals surface area contributed by atoms with Gasteiger partial charge in [0.15, 0.2) is 11.5 Å². The van der Waals surface area contributed by atoms with Gasteiger partial charge >= 0.3 is 0 Å². The molecule has 3 aromatic heterocycles. The Morgan fingerprint density at radius 3 is 2.31 bits per heavy atom. The number of hydrogen-bond donors (Lipinski definition) is 1. The van der Waals surface area contributed by atoms with Gasteiger partial charge < -0.3 is 9.84 Å². The van der Waals surface area contributed by atoms with Crippen molar-refractivity contribution in [2.24, 2.45) is 0 Å². The molecule has 0 fully saturated rings. The van der Waals surface area contributed by atoms with Gasteiger partial charge in [0, 0.05) is 25.8 Å². The molecule has 2 nitrogen and oxygen atoms in total. The van der Waals surface area contributed by atoms with Crippen LogP contribution in [0.15, 0.2) is 59.3 Å². The molecule has 4 rings (SSSR count). The zero-order chi connectivity index (χ0) is 17.9. The summed E-state index contributed by atoms with van der Waals surface area (Å²) in [4.78, 5) is 4.89. The molecule has 0 aliphatic rings. The summed E-state index contributed by atoms with van der Waals surface area (Å²) in [6.07, 6.45) is 0. The number of hydrogen-bond acceptors (Lipinski definition) is 5. The maximum atomic E-state index is 9.93. The number of ether oxygens (including phenoxy) is 1.